The summed E-state index contributed by atoms with van der Waals surface area (Å²) < 4.78 is 0. The first-order chi connectivity index (χ1) is 8.70. The Bertz CT molecular complexity index is 395. The van der Waals surface area contributed by atoms with E-state index in [0.717, 1.165) is 30.8 Å². The molecule has 2 rings (SSSR count). The van der Waals surface area contributed by atoms with Crippen molar-refractivity contribution in [1.82, 2.24) is 9.88 Å². The lowest BCUT2D eigenvalue weighted by Crippen LogP contribution is -2.29. The quantitative estimate of drug-likeness (QED) is 0.837. The van der Waals surface area contributed by atoms with E-state index >= 15 is 0 Å². The van der Waals surface area contributed by atoms with Crippen molar-refractivity contribution >= 4 is 0 Å². The van der Waals surface area contributed by atoms with Crippen LogP contribution in [0.15, 0.2) is 12.1 Å². The Morgan fingerprint density at radius 1 is 1.44 bits per heavy atom. The van der Waals surface area contributed by atoms with E-state index in [-0.39, 0.29) is 12.4 Å². The molecule has 18 heavy (non-hydrogen) atoms. The maximum absolute atomic E-state index is 9.83. The standard InChI is InChI=1S/C14H22N2O2/c1-11-6-7-14(18)13(15-11)10-16-8-2-4-12(16)5-3-9-17/h6-7,12,17-18H,2-5,8-10H2,1H3. The molecule has 0 aromatic carbocycles. The maximum Gasteiger partial charge on any atom is 0.138 e. The molecule has 0 radical (unpaired) electrons. The number of aromatic nitrogens is 1. The van der Waals surface area contributed by atoms with Gasteiger partial charge in [-0.1, -0.05) is 0 Å². The Balaban J connectivity index is 2.01. The van der Waals surface area contributed by atoms with Crippen LogP contribution in [-0.4, -0.2) is 39.3 Å². The number of likely N-dealkylation sites (tertiary alicyclic amines) is 1. The number of nitrogens with zero attached hydrogens (tertiary/aromatic N) is 2. The minimum absolute atomic E-state index is 0.262. The summed E-state index contributed by atoms with van der Waals surface area (Å²) in [5, 5.41) is 18.7. The van der Waals surface area contributed by atoms with Gasteiger partial charge in [-0.2, -0.15) is 0 Å². The SMILES string of the molecule is Cc1ccc(O)c(CN2CCCC2CCCO)n1. The van der Waals surface area contributed by atoms with Crippen LogP contribution in [0.3, 0.4) is 0 Å². The third kappa shape index (κ3) is 3.21. The van der Waals surface area contributed by atoms with Crippen molar-refractivity contribution in [2.24, 2.45) is 0 Å². The number of hydrogen-bond acceptors (Lipinski definition) is 4. The van der Waals surface area contributed by atoms with Crippen molar-refractivity contribution < 1.29 is 10.2 Å². The van der Waals surface area contributed by atoms with E-state index in [1.54, 1.807) is 6.07 Å². The first-order valence-corrected chi connectivity index (χ1v) is 6.71. The van der Waals surface area contributed by atoms with Crippen LogP contribution in [-0.2, 0) is 6.54 Å². The van der Waals surface area contributed by atoms with Crippen molar-refractivity contribution in [3.63, 3.8) is 0 Å². The number of aliphatic hydroxyl groups excluding tert-OH is 1. The Labute approximate surface area is 108 Å². The van der Waals surface area contributed by atoms with Crippen LogP contribution in [0.4, 0.5) is 0 Å². The highest BCUT2D eigenvalue weighted by atomic mass is 16.3. The molecule has 0 saturated carbocycles. The van der Waals surface area contributed by atoms with Gasteiger partial charge in [0.2, 0.25) is 0 Å². The van der Waals surface area contributed by atoms with Crippen LogP contribution < -0.4 is 0 Å². The van der Waals surface area contributed by atoms with Crippen LogP contribution in [0.2, 0.25) is 0 Å². The fraction of sp³-hybridized carbons (Fsp3) is 0.643. The van der Waals surface area contributed by atoms with Gasteiger partial charge in [-0.05, 0) is 51.3 Å². The summed E-state index contributed by atoms with van der Waals surface area (Å²) in [4.78, 5) is 6.78. The highest BCUT2D eigenvalue weighted by Gasteiger charge is 2.25. The maximum atomic E-state index is 9.83. The zero-order valence-corrected chi connectivity index (χ0v) is 11.0. The van der Waals surface area contributed by atoms with E-state index in [2.05, 4.69) is 9.88 Å². The first-order valence-electron chi connectivity index (χ1n) is 6.71. The predicted molar refractivity (Wildman–Crippen MR) is 70.4 cm³/mol. The Morgan fingerprint density at radius 2 is 2.28 bits per heavy atom. The molecule has 0 amide bonds. The molecule has 1 saturated heterocycles. The monoisotopic (exact) mass is 250 g/mol. The van der Waals surface area contributed by atoms with Gasteiger partial charge in [0, 0.05) is 24.9 Å². The van der Waals surface area contributed by atoms with E-state index in [1.165, 1.54) is 12.8 Å². The van der Waals surface area contributed by atoms with Gasteiger partial charge in [0.15, 0.2) is 0 Å². The Morgan fingerprint density at radius 3 is 3.06 bits per heavy atom. The van der Waals surface area contributed by atoms with Gasteiger partial charge in [0.05, 0.1) is 5.69 Å². The van der Waals surface area contributed by atoms with E-state index in [9.17, 15) is 5.11 Å². The van der Waals surface area contributed by atoms with Gasteiger partial charge in [0.1, 0.15) is 5.75 Å². The molecule has 1 aliphatic heterocycles. The van der Waals surface area contributed by atoms with E-state index in [0.29, 0.717) is 12.6 Å². The molecule has 2 N–H and O–H groups in total. The molecule has 1 aromatic rings. The average molecular weight is 250 g/mol. The van der Waals surface area contributed by atoms with Gasteiger partial charge in [-0.15, -0.1) is 0 Å². The van der Waals surface area contributed by atoms with Crippen molar-refractivity contribution in [2.45, 2.75) is 45.2 Å². The Hall–Kier alpha value is -1.13. The highest BCUT2D eigenvalue weighted by Crippen LogP contribution is 2.25. The average Bonchev–Trinajstić information content (AvgIpc) is 2.79. The third-order valence-corrected chi connectivity index (χ3v) is 3.64. The highest BCUT2D eigenvalue weighted by molar-refractivity contribution is 5.27. The summed E-state index contributed by atoms with van der Waals surface area (Å²) in [6.45, 7) is 3.98. The minimum atomic E-state index is 0.262. The van der Waals surface area contributed by atoms with Crippen LogP contribution in [0.1, 0.15) is 37.1 Å². The molecule has 1 fully saturated rings. The van der Waals surface area contributed by atoms with Crippen LogP contribution in [0.25, 0.3) is 0 Å². The van der Waals surface area contributed by atoms with Gasteiger partial charge < -0.3 is 10.2 Å². The number of pyridine rings is 1. The van der Waals surface area contributed by atoms with Crippen LogP contribution >= 0.6 is 0 Å². The van der Waals surface area contributed by atoms with Crippen molar-refractivity contribution in [2.75, 3.05) is 13.2 Å². The lowest BCUT2D eigenvalue weighted by atomic mass is 10.1. The fourth-order valence-electron chi connectivity index (χ4n) is 2.67. The zero-order valence-electron chi connectivity index (χ0n) is 11.0. The number of aliphatic hydroxyl groups is 1. The molecule has 0 spiro atoms. The molecule has 4 nitrogen and oxygen atoms in total. The van der Waals surface area contributed by atoms with Gasteiger partial charge in [-0.3, -0.25) is 9.88 Å². The smallest absolute Gasteiger partial charge is 0.138 e. The van der Waals surface area contributed by atoms with E-state index in [1.807, 2.05) is 13.0 Å². The second kappa shape index (κ2) is 6.16. The van der Waals surface area contributed by atoms with Crippen molar-refractivity contribution in [3.05, 3.63) is 23.5 Å². The molecular formula is C14H22N2O2. The topological polar surface area (TPSA) is 56.6 Å². The van der Waals surface area contributed by atoms with E-state index < -0.39 is 0 Å². The molecule has 100 valence electrons. The minimum Gasteiger partial charge on any atom is -0.506 e. The molecule has 1 aliphatic rings. The van der Waals surface area contributed by atoms with E-state index in [4.69, 9.17) is 5.11 Å². The third-order valence-electron chi connectivity index (χ3n) is 3.64. The fourth-order valence-corrected chi connectivity index (χ4v) is 2.67. The summed E-state index contributed by atoms with van der Waals surface area (Å²) in [7, 11) is 0. The zero-order chi connectivity index (χ0) is 13.0. The molecule has 0 bridgehead atoms. The molecule has 1 aromatic heterocycles. The second-order valence-corrected chi connectivity index (χ2v) is 5.05. The molecule has 1 atom stereocenters. The normalized spacial score (nSPS) is 20.4. The van der Waals surface area contributed by atoms with Crippen LogP contribution in [0.5, 0.6) is 5.75 Å². The second-order valence-electron chi connectivity index (χ2n) is 5.05. The molecular weight excluding hydrogens is 228 g/mol. The Kier molecular flexibility index (Phi) is 4.55. The largest absolute Gasteiger partial charge is 0.506 e. The number of hydrogen-bond donors (Lipinski definition) is 2. The molecule has 2 heterocycles. The first kappa shape index (κ1) is 13.3. The summed E-state index contributed by atoms with van der Waals surface area (Å²) in [5.74, 6) is 0.286. The number of aryl methyl sites for hydroxylation is 1. The molecule has 1 unspecified atom stereocenters. The summed E-state index contributed by atoms with van der Waals surface area (Å²) in [5.41, 5.74) is 1.71. The van der Waals surface area contributed by atoms with Crippen molar-refractivity contribution in [3.8, 4) is 5.75 Å². The van der Waals surface area contributed by atoms with Gasteiger partial charge in [-0.25, -0.2) is 0 Å². The summed E-state index contributed by atoms with van der Waals surface area (Å²) in [6.07, 6.45) is 4.27. The van der Waals surface area contributed by atoms with Gasteiger partial charge in [0.25, 0.3) is 0 Å². The van der Waals surface area contributed by atoms with Crippen LogP contribution in [0, 0.1) is 6.92 Å². The summed E-state index contributed by atoms with van der Waals surface area (Å²) in [6, 6.07) is 4.07. The number of aromatic hydroxyl groups is 1. The lowest BCUT2D eigenvalue weighted by molar-refractivity contribution is 0.206. The van der Waals surface area contributed by atoms with Crippen molar-refractivity contribution in [1.29, 1.82) is 0 Å². The molecule has 4 heteroatoms. The lowest BCUT2D eigenvalue weighted by Gasteiger charge is -2.24. The van der Waals surface area contributed by atoms with Gasteiger partial charge >= 0.3 is 0 Å². The number of rotatable bonds is 5. The molecule has 0 aliphatic carbocycles. The predicted octanol–water partition coefficient (Wildman–Crippen LogP) is 1.83. The summed E-state index contributed by atoms with van der Waals surface area (Å²) >= 11 is 0.